The molecule has 0 aromatic heterocycles. The normalized spacial score (nSPS) is 16.7. The molecule has 0 fully saturated rings. The van der Waals surface area contributed by atoms with Crippen molar-refractivity contribution < 1.29 is 23.2 Å². The van der Waals surface area contributed by atoms with Crippen LogP contribution in [-0.4, -0.2) is 11.5 Å². The maximum Gasteiger partial charge on any atom is 0.503 e. The number of hydrogen-bond donors (Lipinski definition) is 1. The molecule has 1 N–H and O–H groups in total. The summed E-state index contributed by atoms with van der Waals surface area (Å²) in [5.74, 6) is 0. The minimum absolute atomic E-state index is 0.225. The highest BCUT2D eigenvalue weighted by Crippen LogP contribution is 2.43. The molecular formula is C3H6FO4P. The third kappa shape index (κ3) is 4.29. The predicted molar refractivity (Wildman–Crippen MR) is 28.2 cm³/mol. The van der Waals surface area contributed by atoms with Crippen LogP contribution in [0.15, 0.2) is 12.7 Å². The molecule has 0 spiro atoms. The lowest BCUT2D eigenvalue weighted by Crippen LogP contribution is -1.88. The third-order valence-electron chi connectivity index (χ3n) is 0.443. The van der Waals surface area contributed by atoms with Gasteiger partial charge in [-0.2, -0.15) is 0 Å². The first kappa shape index (κ1) is 8.78. The molecule has 0 aromatic carbocycles. The summed E-state index contributed by atoms with van der Waals surface area (Å²) in [5.41, 5.74) is 0. The Bertz CT molecular complexity index is 136. The Morgan fingerprint density at radius 2 is 2.44 bits per heavy atom. The highest BCUT2D eigenvalue weighted by molar-refractivity contribution is 7.47. The molecule has 4 nitrogen and oxygen atoms in total. The predicted octanol–water partition coefficient (Wildman–Crippen LogP) is 1.19. The molecule has 0 aromatic rings. The van der Waals surface area contributed by atoms with Gasteiger partial charge in [0.1, 0.15) is 0 Å². The van der Waals surface area contributed by atoms with Gasteiger partial charge in [0.15, 0.2) is 0 Å². The van der Waals surface area contributed by atoms with Crippen LogP contribution >= 0.6 is 7.82 Å². The molecule has 0 aliphatic heterocycles. The summed E-state index contributed by atoms with van der Waals surface area (Å²) in [6.45, 7) is 2.94. The zero-order valence-corrected chi connectivity index (χ0v) is 5.38. The molecule has 0 saturated heterocycles. The average Bonchev–Trinajstić information content (AvgIpc) is 1.84. The Morgan fingerprint density at radius 3 is 2.78 bits per heavy atom. The van der Waals surface area contributed by atoms with E-state index in [1.807, 2.05) is 0 Å². The topological polar surface area (TPSA) is 55.8 Å². The van der Waals surface area contributed by atoms with Crippen LogP contribution in [0.1, 0.15) is 0 Å². The summed E-state index contributed by atoms with van der Waals surface area (Å²) < 4.78 is 27.5. The van der Waals surface area contributed by atoms with E-state index in [-0.39, 0.29) is 6.61 Å². The highest BCUT2D eigenvalue weighted by atomic mass is 31.2. The van der Waals surface area contributed by atoms with Gasteiger partial charge < -0.3 is 4.89 Å². The lowest BCUT2D eigenvalue weighted by atomic mass is 10.7. The molecular weight excluding hydrogens is 150 g/mol. The van der Waals surface area contributed by atoms with Gasteiger partial charge in [-0.1, -0.05) is 10.8 Å². The quantitative estimate of drug-likeness (QED) is 0.490. The Hall–Kier alpha value is -0.220. The summed E-state index contributed by atoms with van der Waals surface area (Å²) in [4.78, 5) is 8.14. The van der Waals surface area contributed by atoms with E-state index in [1.165, 1.54) is 6.08 Å². The molecule has 0 aliphatic rings. The van der Waals surface area contributed by atoms with E-state index in [0.717, 1.165) is 0 Å². The van der Waals surface area contributed by atoms with Gasteiger partial charge in [-0.15, -0.1) is 6.58 Å². The minimum atomic E-state index is -4.43. The van der Waals surface area contributed by atoms with E-state index in [9.17, 15) is 9.09 Å². The second-order valence-electron chi connectivity index (χ2n) is 1.12. The third-order valence-corrected chi connectivity index (χ3v) is 1.09. The second-order valence-corrected chi connectivity index (χ2v) is 2.46. The number of halogens is 1. The molecule has 0 amide bonds. The Kier molecular flexibility index (Phi) is 3.65. The Labute approximate surface area is 51.4 Å². The maximum atomic E-state index is 10.9. The van der Waals surface area contributed by atoms with Crippen molar-refractivity contribution in [1.82, 2.24) is 0 Å². The van der Waals surface area contributed by atoms with Crippen LogP contribution in [0.25, 0.3) is 0 Å². The summed E-state index contributed by atoms with van der Waals surface area (Å²) in [5, 5.41) is 0. The zero-order chi connectivity index (χ0) is 7.33. The van der Waals surface area contributed by atoms with E-state index in [1.54, 1.807) is 0 Å². The van der Waals surface area contributed by atoms with E-state index in [2.05, 4.69) is 15.8 Å². The van der Waals surface area contributed by atoms with Crippen LogP contribution < -0.4 is 0 Å². The molecule has 0 radical (unpaired) electrons. The minimum Gasteiger partial charge on any atom is -0.301 e. The number of hydrogen-bond acceptors (Lipinski definition) is 3. The lowest BCUT2D eigenvalue weighted by Gasteiger charge is -2.01. The molecule has 0 saturated carbocycles. The van der Waals surface area contributed by atoms with E-state index in [4.69, 9.17) is 4.89 Å². The number of phosphoric ester groups is 1. The monoisotopic (exact) mass is 156 g/mol. The van der Waals surface area contributed by atoms with Crippen molar-refractivity contribution >= 4 is 7.82 Å². The molecule has 6 heteroatoms. The molecule has 0 bridgehead atoms. The van der Waals surface area contributed by atoms with Crippen LogP contribution in [0.5, 0.6) is 0 Å². The standard InChI is InChI=1S/C3H6FO4P/c1-2-3-7-9(5,6)8-4/h2H,1,3H2,(H,5,6). The molecule has 0 aliphatic carbocycles. The fraction of sp³-hybridized carbons (Fsp3) is 0.333. The van der Waals surface area contributed by atoms with Gasteiger partial charge in [-0.25, -0.2) is 4.57 Å². The molecule has 1 atom stereocenters. The fourth-order valence-corrected chi connectivity index (χ4v) is 0.500. The van der Waals surface area contributed by atoms with E-state index >= 15 is 0 Å². The number of phosphoric acid groups is 1. The smallest absolute Gasteiger partial charge is 0.301 e. The van der Waals surface area contributed by atoms with Crippen molar-refractivity contribution in [2.24, 2.45) is 0 Å². The molecule has 1 unspecified atom stereocenters. The largest absolute Gasteiger partial charge is 0.503 e. The number of rotatable bonds is 4. The zero-order valence-electron chi connectivity index (χ0n) is 4.49. The lowest BCUT2D eigenvalue weighted by molar-refractivity contribution is -0.0459. The summed E-state index contributed by atoms with van der Waals surface area (Å²) in [7, 11) is -4.43. The van der Waals surface area contributed by atoms with Gasteiger partial charge in [-0.3, -0.25) is 4.52 Å². The van der Waals surface area contributed by atoms with Gasteiger partial charge >= 0.3 is 7.82 Å². The van der Waals surface area contributed by atoms with Crippen molar-refractivity contribution in [1.29, 1.82) is 0 Å². The SMILES string of the molecule is C=CCOP(=O)(O)OF. The first-order valence-electron chi connectivity index (χ1n) is 2.01. The summed E-state index contributed by atoms with van der Waals surface area (Å²) >= 11 is 0. The van der Waals surface area contributed by atoms with Crippen LogP contribution in [0, 0.1) is 0 Å². The van der Waals surface area contributed by atoms with Crippen molar-refractivity contribution in [2.45, 2.75) is 0 Å². The van der Waals surface area contributed by atoms with Crippen LogP contribution in [0.4, 0.5) is 4.53 Å². The molecule has 9 heavy (non-hydrogen) atoms. The highest BCUT2D eigenvalue weighted by Gasteiger charge is 2.20. The van der Waals surface area contributed by atoms with Crippen molar-refractivity contribution in [3.8, 4) is 0 Å². The second kappa shape index (κ2) is 3.74. The van der Waals surface area contributed by atoms with Gasteiger partial charge in [-0.05, 0) is 4.53 Å². The van der Waals surface area contributed by atoms with Crippen molar-refractivity contribution in [3.05, 3.63) is 12.7 Å². The Morgan fingerprint density at radius 1 is 1.89 bits per heavy atom. The molecule has 0 rings (SSSR count). The van der Waals surface area contributed by atoms with Gasteiger partial charge in [0.05, 0.1) is 6.61 Å². The fourth-order valence-electron chi connectivity index (χ4n) is 0.167. The van der Waals surface area contributed by atoms with Crippen LogP contribution in [-0.2, 0) is 13.8 Å². The van der Waals surface area contributed by atoms with E-state index in [0.29, 0.717) is 0 Å². The van der Waals surface area contributed by atoms with Crippen molar-refractivity contribution in [3.63, 3.8) is 0 Å². The Balaban J connectivity index is 3.58. The van der Waals surface area contributed by atoms with E-state index < -0.39 is 7.82 Å². The summed E-state index contributed by atoms with van der Waals surface area (Å²) in [6, 6.07) is 0. The first-order valence-corrected chi connectivity index (χ1v) is 3.50. The molecule has 0 heterocycles. The van der Waals surface area contributed by atoms with Crippen molar-refractivity contribution in [2.75, 3.05) is 6.61 Å². The first-order chi connectivity index (χ1) is 4.12. The average molecular weight is 156 g/mol. The summed E-state index contributed by atoms with van der Waals surface area (Å²) in [6.07, 6.45) is 1.20. The van der Waals surface area contributed by atoms with Gasteiger partial charge in [0.2, 0.25) is 0 Å². The van der Waals surface area contributed by atoms with Gasteiger partial charge in [0, 0.05) is 0 Å². The molecule has 54 valence electrons. The van der Waals surface area contributed by atoms with Crippen LogP contribution in [0.3, 0.4) is 0 Å². The van der Waals surface area contributed by atoms with Gasteiger partial charge in [0.25, 0.3) is 0 Å². The maximum absolute atomic E-state index is 10.9. The van der Waals surface area contributed by atoms with Crippen LogP contribution in [0.2, 0.25) is 0 Å².